The fourth-order valence-electron chi connectivity index (χ4n) is 3.27. The lowest BCUT2D eigenvalue weighted by Gasteiger charge is -2.26. The Kier molecular flexibility index (Phi) is 4.96. The molecule has 1 aliphatic heterocycles. The molecule has 0 bridgehead atoms. The number of hydrogen-bond acceptors (Lipinski definition) is 3. The molecule has 0 radical (unpaired) electrons. The van der Waals surface area contributed by atoms with Gasteiger partial charge in [0.25, 0.3) is 0 Å². The number of morpholine rings is 1. The van der Waals surface area contributed by atoms with E-state index in [1.807, 2.05) is 0 Å². The van der Waals surface area contributed by atoms with Crippen LogP contribution in [0.4, 0.5) is 5.69 Å². The monoisotopic (exact) mass is 298 g/mol. The third kappa shape index (κ3) is 3.42. The van der Waals surface area contributed by atoms with Crippen molar-refractivity contribution in [2.75, 3.05) is 51.8 Å². The molecule has 0 amide bonds. The average Bonchev–Trinajstić information content (AvgIpc) is 2.55. The predicted molar refractivity (Wildman–Crippen MR) is 93.9 cm³/mol. The van der Waals surface area contributed by atoms with Gasteiger partial charge in [-0.25, -0.2) is 0 Å². The average molecular weight is 298 g/mol. The Bertz CT molecular complexity index is 618. The molecule has 0 aliphatic carbocycles. The van der Waals surface area contributed by atoms with Gasteiger partial charge in [-0.15, -0.1) is 0 Å². The highest BCUT2D eigenvalue weighted by Crippen LogP contribution is 2.29. The van der Waals surface area contributed by atoms with Crippen molar-refractivity contribution in [2.24, 2.45) is 0 Å². The van der Waals surface area contributed by atoms with E-state index in [9.17, 15) is 0 Å². The van der Waals surface area contributed by atoms with Gasteiger partial charge in [0.05, 0.1) is 13.2 Å². The highest BCUT2D eigenvalue weighted by atomic mass is 16.5. The van der Waals surface area contributed by atoms with Crippen molar-refractivity contribution in [1.29, 1.82) is 0 Å². The molecule has 0 aromatic heterocycles. The van der Waals surface area contributed by atoms with Gasteiger partial charge in [0, 0.05) is 38.3 Å². The number of ether oxygens (including phenoxy) is 1. The molecule has 2 aromatic carbocycles. The molecule has 0 atom stereocenters. The molecule has 2 aromatic rings. The van der Waals surface area contributed by atoms with E-state index < -0.39 is 0 Å². The molecule has 0 unspecified atom stereocenters. The van der Waals surface area contributed by atoms with Crippen LogP contribution in [-0.4, -0.2) is 51.8 Å². The quantitative estimate of drug-likeness (QED) is 0.843. The van der Waals surface area contributed by atoms with E-state index in [0.29, 0.717) is 0 Å². The van der Waals surface area contributed by atoms with Crippen LogP contribution in [0.2, 0.25) is 0 Å². The second-order valence-electron chi connectivity index (χ2n) is 6.24. The predicted octanol–water partition coefficient (Wildman–Crippen LogP) is 3.17. The van der Waals surface area contributed by atoms with E-state index in [1.54, 1.807) is 0 Å². The van der Waals surface area contributed by atoms with Crippen LogP contribution in [0.5, 0.6) is 0 Å². The zero-order valence-corrected chi connectivity index (χ0v) is 13.7. The fourth-order valence-corrected chi connectivity index (χ4v) is 3.27. The SMILES string of the molecule is CN(C)c1ccc(CCCN2CCOCC2)c2ccccc12. The zero-order valence-electron chi connectivity index (χ0n) is 13.7. The molecule has 1 saturated heterocycles. The Balaban J connectivity index is 1.72. The normalized spacial score (nSPS) is 16.1. The van der Waals surface area contributed by atoms with E-state index in [4.69, 9.17) is 4.74 Å². The maximum absolute atomic E-state index is 5.41. The highest BCUT2D eigenvalue weighted by Gasteiger charge is 2.11. The largest absolute Gasteiger partial charge is 0.379 e. The molecule has 3 nitrogen and oxygen atoms in total. The van der Waals surface area contributed by atoms with Crippen LogP contribution in [-0.2, 0) is 11.2 Å². The molecule has 0 spiro atoms. The molecule has 1 aliphatic rings. The second-order valence-corrected chi connectivity index (χ2v) is 6.24. The van der Waals surface area contributed by atoms with Crippen molar-refractivity contribution >= 4 is 16.5 Å². The van der Waals surface area contributed by atoms with Gasteiger partial charge in [0.1, 0.15) is 0 Å². The summed E-state index contributed by atoms with van der Waals surface area (Å²) in [7, 11) is 4.22. The summed E-state index contributed by atoms with van der Waals surface area (Å²) in [4.78, 5) is 4.71. The number of fused-ring (bicyclic) bond motifs is 1. The summed E-state index contributed by atoms with van der Waals surface area (Å²) in [5.74, 6) is 0. The Morgan fingerprint density at radius 2 is 1.73 bits per heavy atom. The number of hydrogen-bond donors (Lipinski definition) is 0. The lowest BCUT2D eigenvalue weighted by molar-refractivity contribution is 0.0375. The summed E-state index contributed by atoms with van der Waals surface area (Å²) in [6.07, 6.45) is 2.36. The first-order valence-corrected chi connectivity index (χ1v) is 8.24. The van der Waals surface area contributed by atoms with Crippen molar-refractivity contribution in [2.45, 2.75) is 12.8 Å². The van der Waals surface area contributed by atoms with Gasteiger partial charge in [-0.05, 0) is 36.4 Å². The van der Waals surface area contributed by atoms with Crippen LogP contribution >= 0.6 is 0 Å². The molecular weight excluding hydrogens is 272 g/mol. The summed E-state index contributed by atoms with van der Waals surface area (Å²) in [6, 6.07) is 13.3. The lowest BCUT2D eigenvalue weighted by atomic mass is 9.99. The minimum atomic E-state index is 0.889. The zero-order chi connectivity index (χ0) is 15.4. The van der Waals surface area contributed by atoms with Crippen molar-refractivity contribution in [1.82, 2.24) is 4.90 Å². The number of rotatable bonds is 5. The van der Waals surface area contributed by atoms with Gasteiger partial charge in [-0.1, -0.05) is 30.3 Å². The van der Waals surface area contributed by atoms with Crippen molar-refractivity contribution < 1.29 is 4.74 Å². The molecule has 1 heterocycles. The molecule has 118 valence electrons. The Morgan fingerprint density at radius 3 is 2.45 bits per heavy atom. The van der Waals surface area contributed by atoms with Gasteiger partial charge >= 0.3 is 0 Å². The number of nitrogens with zero attached hydrogens (tertiary/aromatic N) is 2. The van der Waals surface area contributed by atoms with E-state index in [-0.39, 0.29) is 0 Å². The summed E-state index contributed by atoms with van der Waals surface area (Å²) in [5.41, 5.74) is 2.77. The summed E-state index contributed by atoms with van der Waals surface area (Å²) < 4.78 is 5.41. The lowest BCUT2D eigenvalue weighted by Crippen LogP contribution is -2.36. The van der Waals surface area contributed by atoms with E-state index in [1.165, 1.54) is 35.0 Å². The summed E-state index contributed by atoms with van der Waals surface area (Å²) in [5, 5.41) is 2.76. The smallest absolute Gasteiger partial charge is 0.0594 e. The topological polar surface area (TPSA) is 15.7 Å². The number of anilines is 1. The molecular formula is C19H26N2O. The van der Waals surface area contributed by atoms with Gasteiger partial charge < -0.3 is 9.64 Å². The molecule has 0 N–H and O–H groups in total. The van der Waals surface area contributed by atoms with Crippen LogP contribution < -0.4 is 4.90 Å². The van der Waals surface area contributed by atoms with Gasteiger partial charge in [0.15, 0.2) is 0 Å². The van der Waals surface area contributed by atoms with E-state index in [0.717, 1.165) is 32.7 Å². The molecule has 1 fully saturated rings. The minimum Gasteiger partial charge on any atom is -0.379 e. The number of benzene rings is 2. The second kappa shape index (κ2) is 7.12. The third-order valence-corrected chi connectivity index (χ3v) is 4.50. The maximum Gasteiger partial charge on any atom is 0.0594 e. The van der Waals surface area contributed by atoms with Crippen molar-refractivity contribution in [3.8, 4) is 0 Å². The van der Waals surface area contributed by atoms with E-state index in [2.05, 4.69) is 60.3 Å². The Hall–Kier alpha value is -1.58. The first-order chi connectivity index (χ1) is 10.8. The Morgan fingerprint density at radius 1 is 1.00 bits per heavy atom. The molecule has 22 heavy (non-hydrogen) atoms. The van der Waals surface area contributed by atoms with E-state index >= 15 is 0 Å². The molecule has 0 saturated carbocycles. The fraction of sp³-hybridized carbons (Fsp3) is 0.474. The number of aryl methyl sites for hydroxylation is 1. The van der Waals surface area contributed by atoms with Crippen LogP contribution in [0.25, 0.3) is 10.8 Å². The first-order valence-electron chi connectivity index (χ1n) is 8.24. The van der Waals surface area contributed by atoms with Gasteiger partial charge in [-0.2, -0.15) is 0 Å². The first kappa shape index (κ1) is 15.3. The standard InChI is InChI=1S/C19H26N2O/c1-20(2)19-10-9-16(17-7-3-4-8-18(17)19)6-5-11-21-12-14-22-15-13-21/h3-4,7-10H,5-6,11-15H2,1-2H3. The highest BCUT2D eigenvalue weighted by molar-refractivity contribution is 5.96. The van der Waals surface area contributed by atoms with Crippen LogP contribution in [0.15, 0.2) is 36.4 Å². The maximum atomic E-state index is 5.41. The third-order valence-electron chi connectivity index (χ3n) is 4.50. The Labute approximate surface area is 133 Å². The summed E-state index contributed by atoms with van der Waals surface area (Å²) >= 11 is 0. The van der Waals surface area contributed by atoms with Crippen LogP contribution in [0.1, 0.15) is 12.0 Å². The minimum absolute atomic E-state index is 0.889. The van der Waals surface area contributed by atoms with Gasteiger partial charge in [0.2, 0.25) is 0 Å². The molecule has 3 rings (SSSR count). The van der Waals surface area contributed by atoms with Gasteiger partial charge in [-0.3, -0.25) is 4.90 Å². The van der Waals surface area contributed by atoms with Crippen LogP contribution in [0, 0.1) is 0 Å². The summed E-state index contributed by atoms with van der Waals surface area (Å²) in [6.45, 7) is 5.12. The van der Waals surface area contributed by atoms with Crippen molar-refractivity contribution in [3.63, 3.8) is 0 Å². The van der Waals surface area contributed by atoms with Crippen molar-refractivity contribution in [3.05, 3.63) is 42.0 Å². The molecule has 3 heteroatoms. The van der Waals surface area contributed by atoms with Crippen LogP contribution in [0.3, 0.4) is 0 Å².